The Morgan fingerprint density at radius 3 is 2.29 bits per heavy atom. The smallest absolute Gasteiger partial charge is 0.0850 e. The second kappa shape index (κ2) is 7.43. The van der Waals surface area contributed by atoms with E-state index in [1.807, 2.05) is 0 Å². The number of hydrogen-bond acceptors (Lipinski definition) is 3. The van der Waals surface area contributed by atoms with Gasteiger partial charge < -0.3 is 4.74 Å². The first-order chi connectivity index (χ1) is 10.0. The van der Waals surface area contributed by atoms with Crippen molar-refractivity contribution in [2.24, 2.45) is 29.5 Å². The summed E-state index contributed by atoms with van der Waals surface area (Å²) in [4.78, 5) is 0. The van der Waals surface area contributed by atoms with Gasteiger partial charge in [-0.25, -0.2) is 0 Å². The summed E-state index contributed by atoms with van der Waals surface area (Å²) in [6, 6.07) is 0.319. The number of nitrogens with one attached hydrogen (secondary N) is 1. The minimum Gasteiger partial charge on any atom is -0.374 e. The van der Waals surface area contributed by atoms with Gasteiger partial charge >= 0.3 is 0 Å². The molecule has 2 aliphatic carbocycles. The van der Waals surface area contributed by atoms with Gasteiger partial charge in [0.1, 0.15) is 0 Å². The molecule has 0 bridgehead atoms. The van der Waals surface area contributed by atoms with Gasteiger partial charge in [0.2, 0.25) is 0 Å². The van der Waals surface area contributed by atoms with Crippen molar-refractivity contribution in [1.29, 1.82) is 0 Å². The van der Waals surface area contributed by atoms with Gasteiger partial charge in [-0.05, 0) is 69.1 Å². The Labute approximate surface area is 131 Å². The third-order valence-electron chi connectivity index (χ3n) is 6.41. The number of rotatable bonds is 5. The maximum atomic E-state index is 6.34. The van der Waals surface area contributed by atoms with E-state index in [1.54, 1.807) is 0 Å². The van der Waals surface area contributed by atoms with Gasteiger partial charge in [0, 0.05) is 6.61 Å². The Bertz CT molecular complexity index is 312. The zero-order valence-corrected chi connectivity index (χ0v) is 14.5. The van der Waals surface area contributed by atoms with Crippen molar-refractivity contribution < 1.29 is 4.74 Å². The van der Waals surface area contributed by atoms with Gasteiger partial charge in [-0.3, -0.25) is 11.3 Å². The zero-order chi connectivity index (χ0) is 15.5. The molecule has 0 aromatic rings. The van der Waals surface area contributed by atoms with Crippen LogP contribution in [0.1, 0.15) is 72.6 Å². The fraction of sp³-hybridized carbons (Fsp3) is 1.00. The largest absolute Gasteiger partial charge is 0.374 e. The fourth-order valence-electron chi connectivity index (χ4n) is 4.69. The second-order valence-electron chi connectivity index (χ2n) is 7.85. The molecule has 21 heavy (non-hydrogen) atoms. The van der Waals surface area contributed by atoms with Crippen molar-refractivity contribution in [2.45, 2.75) is 84.3 Å². The van der Waals surface area contributed by atoms with E-state index in [0.29, 0.717) is 12.0 Å². The lowest BCUT2D eigenvalue weighted by Gasteiger charge is -2.49. The predicted molar refractivity (Wildman–Crippen MR) is 88.8 cm³/mol. The molecule has 2 rings (SSSR count). The van der Waals surface area contributed by atoms with Crippen LogP contribution in [-0.4, -0.2) is 18.2 Å². The Hall–Kier alpha value is -0.120. The van der Waals surface area contributed by atoms with E-state index in [-0.39, 0.29) is 5.60 Å². The van der Waals surface area contributed by atoms with Gasteiger partial charge in [-0.1, -0.05) is 27.2 Å². The molecule has 4 atom stereocenters. The Balaban J connectivity index is 2.12. The molecule has 4 unspecified atom stereocenters. The highest BCUT2D eigenvalue weighted by atomic mass is 16.5. The molecule has 0 aromatic heterocycles. The second-order valence-corrected chi connectivity index (χ2v) is 7.85. The molecule has 0 aliphatic heterocycles. The van der Waals surface area contributed by atoms with Crippen molar-refractivity contribution in [1.82, 2.24) is 5.43 Å². The van der Waals surface area contributed by atoms with Crippen molar-refractivity contribution >= 4 is 0 Å². The number of ether oxygens (including phenoxy) is 1. The standard InChI is InChI=1S/C18H36N2O/c1-5-21-18(10-8-13(2)9-11-18)17(20-19)16-7-6-14(3)15(4)12-16/h13-17,20H,5-12,19H2,1-4H3. The van der Waals surface area contributed by atoms with Gasteiger partial charge in [0.25, 0.3) is 0 Å². The highest BCUT2D eigenvalue weighted by molar-refractivity contribution is 5.00. The van der Waals surface area contributed by atoms with Gasteiger partial charge in [0.05, 0.1) is 11.6 Å². The lowest BCUT2D eigenvalue weighted by atomic mass is 9.66. The highest BCUT2D eigenvalue weighted by Crippen LogP contribution is 2.44. The molecule has 0 saturated heterocycles. The van der Waals surface area contributed by atoms with Crippen molar-refractivity contribution in [3.05, 3.63) is 0 Å². The molecule has 0 spiro atoms. The van der Waals surface area contributed by atoms with E-state index in [0.717, 1.165) is 37.2 Å². The van der Waals surface area contributed by atoms with Gasteiger partial charge in [-0.2, -0.15) is 0 Å². The van der Waals surface area contributed by atoms with Crippen LogP contribution in [0.5, 0.6) is 0 Å². The summed E-state index contributed by atoms with van der Waals surface area (Å²) in [5, 5.41) is 0. The van der Waals surface area contributed by atoms with Crippen LogP contribution in [0, 0.1) is 23.7 Å². The van der Waals surface area contributed by atoms with E-state index in [2.05, 4.69) is 33.1 Å². The average Bonchev–Trinajstić information content (AvgIpc) is 2.47. The molecule has 2 saturated carbocycles. The molecule has 124 valence electrons. The number of hydrazine groups is 1. The average molecular weight is 296 g/mol. The molecule has 2 fully saturated rings. The lowest BCUT2D eigenvalue weighted by molar-refractivity contribution is -0.114. The summed E-state index contributed by atoms with van der Waals surface area (Å²) in [7, 11) is 0. The third kappa shape index (κ3) is 3.80. The normalized spacial score (nSPS) is 42.7. The molecule has 0 heterocycles. The van der Waals surface area contributed by atoms with Crippen LogP contribution in [0.25, 0.3) is 0 Å². The molecule has 0 radical (unpaired) electrons. The van der Waals surface area contributed by atoms with Crippen LogP contribution < -0.4 is 11.3 Å². The van der Waals surface area contributed by atoms with E-state index < -0.39 is 0 Å². The Kier molecular flexibility index (Phi) is 6.10. The van der Waals surface area contributed by atoms with Crippen molar-refractivity contribution in [2.75, 3.05) is 6.61 Å². The lowest BCUT2D eigenvalue weighted by Crippen LogP contribution is -2.60. The third-order valence-corrected chi connectivity index (χ3v) is 6.41. The van der Waals surface area contributed by atoms with Crippen LogP contribution in [0.3, 0.4) is 0 Å². The van der Waals surface area contributed by atoms with Gasteiger partial charge in [-0.15, -0.1) is 0 Å². The summed E-state index contributed by atoms with van der Waals surface area (Å²) in [5.74, 6) is 9.20. The van der Waals surface area contributed by atoms with Crippen LogP contribution in [-0.2, 0) is 4.74 Å². The summed E-state index contributed by atoms with van der Waals surface area (Å²) in [6.07, 6.45) is 8.80. The molecular weight excluding hydrogens is 260 g/mol. The Morgan fingerprint density at radius 1 is 1.10 bits per heavy atom. The predicted octanol–water partition coefficient (Wildman–Crippen LogP) is 3.88. The van der Waals surface area contributed by atoms with Crippen LogP contribution >= 0.6 is 0 Å². The van der Waals surface area contributed by atoms with E-state index in [4.69, 9.17) is 10.6 Å². The van der Waals surface area contributed by atoms with Crippen LogP contribution in [0.15, 0.2) is 0 Å². The summed E-state index contributed by atoms with van der Waals surface area (Å²) in [6.45, 7) is 10.1. The first-order valence-electron chi connectivity index (χ1n) is 9.12. The summed E-state index contributed by atoms with van der Waals surface area (Å²) in [5.41, 5.74) is 3.17. The molecule has 3 nitrogen and oxygen atoms in total. The SMILES string of the molecule is CCOC1(C(NN)C2CCC(C)C(C)C2)CCC(C)CC1. The van der Waals surface area contributed by atoms with E-state index in [9.17, 15) is 0 Å². The van der Waals surface area contributed by atoms with Crippen LogP contribution in [0.2, 0.25) is 0 Å². The quantitative estimate of drug-likeness (QED) is 0.598. The summed E-state index contributed by atoms with van der Waals surface area (Å²) < 4.78 is 6.34. The number of hydrogen-bond donors (Lipinski definition) is 2. The molecule has 3 N–H and O–H groups in total. The topological polar surface area (TPSA) is 47.3 Å². The maximum Gasteiger partial charge on any atom is 0.0850 e. The van der Waals surface area contributed by atoms with E-state index in [1.165, 1.54) is 32.1 Å². The van der Waals surface area contributed by atoms with Gasteiger partial charge in [0.15, 0.2) is 0 Å². The molecule has 0 aromatic carbocycles. The van der Waals surface area contributed by atoms with Crippen molar-refractivity contribution in [3.8, 4) is 0 Å². The molecule has 0 amide bonds. The molecule has 2 aliphatic rings. The minimum absolute atomic E-state index is 0.0268. The molecular formula is C18H36N2O. The monoisotopic (exact) mass is 296 g/mol. The minimum atomic E-state index is -0.0268. The Morgan fingerprint density at radius 2 is 1.76 bits per heavy atom. The fourth-order valence-corrected chi connectivity index (χ4v) is 4.69. The number of nitrogens with two attached hydrogens (primary N) is 1. The first-order valence-corrected chi connectivity index (χ1v) is 9.12. The van der Waals surface area contributed by atoms with Crippen LogP contribution in [0.4, 0.5) is 0 Å². The summed E-state index contributed by atoms with van der Waals surface area (Å²) >= 11 is 0. The van der Waals surface area contributed by atoms with Crippen molar-refractivity contribution in [3.63, 3.8) is 0 Å². The zero-order valence-electron chi connectivity index (χ0n) is 14.5. The highest BCUT2D eigenvalue weighted by Gasteiger charge is 2.46. The maximum absolute atomic E-state index is 6.34. The van der Waals surface area contributed by atoms with E-state index >= 15 is 0 Å². The molecule has 3 heteroatoms. The first kappa shape index (κ1) is 17.2.